The number of fused-ring (bicyclic) bond motifs is 5. The standard InChI is InChI=1S/C24H30N2.ClH/c1-16(2)7-8-17-9-12-20-21-15-25-14-13-23(21)26-22-6-4-3-5-18(22)10-11-19(17)24(20)26;/h3,5,7,10,13,15,17,20,22,25H,4,6,8-9,11-12,14H2,1-2H3;1H. The van der Waals surface area contributed by atoms with E-state index in [0.717, 1.165) is 13.0 Å². The Hall–Kier alpha value is -1.67. The number of nitrogens with one attached hydrogen (secondary N) is 1. The van der Waals surface area contributed by atoms with Gasteiger partial charge in [-0.15, -0.1) is 12.4 Å². The Bertz CT molecular complexity index is 804. The van der Waals surface area contributed by atoms with E-state index >= 15 is 0 Å². The maximum Gasteiger partial charge on any atom is 0.0588 e. The molecule has 0 bridgehead atoms. The normalized spacial score (nSPS) is 30.5. The van der Waals surface area contributed by atoms with Crippen molar-refractivity contribution < 1.29 is 0 Å². The summed E-state index contributed by atoms with van der Waals surface area (Å²) in [6.45, 7) is 5.43. The number of hydrogen-bond donors (Lipinski definition) is 1. The monoisotopic (exact) mass is 382 g/mol. The van der Waals surface area contributed by atoms with Crippen LogP contribution in [-0.2, 0) is 0 Å². The van der Waals surface area contributed by atoms with Crippen molar-refractivity contribution in [2.45, 2.75) is 58.4 Å². The van der Waals surface area contributed by atoms with E-state index in [4.69, 9.17) is 0 Å². The van der Waals surface area contributed by atoms with Crippen LogP contribution in [-0.4, -0.2) is 17.5 Å². The average molecular weight is 383 g/mol. The average Bonchev–Trinajstić information content (AvgIpc) is 2.88. The van der Waals surface area contributed by atoms with Gasteiger partial charge in [0.25, 0.3) is 0 Å². The van der Waals surface area contributed by atoms with Crippen molar-refractivity contribution in [1.29, 1.82) is 0 Å². The smallest absolute Gasteiger partial charge is 0.0588 e. The van der Waals surface area contributed by atoms with Crippen molar-refractivity contribution in [3.63, 3.8) is 0 Å². The summed E-state index contributed by atoms with van der Waals surface area (Å²) in [7, 11) is 0. The predicted molar refractivity (Wildman–Crippen MR) is 115 cm³/mol. The summed E-state index contributed by atoms with van der Waals surface area (Å²) in [6, 6.07) is 0.549. The van der Waals surface area contributed by atoms with E-state index in [9.17, 15) is 0 Å². The van der Waals surface area contributed by atoms with Crippen LogP contribution in [0.3, 0.4) is 0 Å². The van der Waals surface area contributed by atoms with Gasteiger partial charge in [0.2, 0.25) is 0 Å². The Morgan fingerprint density at radius 1 is 1.22 bits per heavy atom. The van der Waals surface area contributed by atoms with Crippen LogP contribution in [0.2, 0.25) is 0 Å². The molecular weight excluding hydrogens is 352 g/mol. The largest absolute Gasteiger partial charge is 0.387 e. The lowest BCUT2D eigenvalue weighted by atomic mass is 9.76. The van der Waals surface area contributed by atoms with Crippen LogP contribution in [0.25, 0.3) is 0 Å². The number of halogens is 1. The van der Waals surface area contributed by atoms with Crippen molar-refractivity contribution in [3.05, 3.63) is 70.3 Å². The minimum atomic E-state index is 0. The van der Waals surface area contributed by atoms with Crippen LogP contribution in [0.1, 0.15) is 52.4 Å². The molecule has 0 amide bonds. The number of rotatable bonds is 2. The summed E-state index contributed by atoms with van der Waals surface area (Å²) >= 11 is 0. The molecule has 0 saturated carbocycles. The minimum Gasteiger partial charge on any atom is -0.387 e. The lowest BCUT2D eigenvalue weighted by molar-refractivity contribution is 0.320. The highest BCUT2D eigenvalue weighted by atomic mass is 35.5. The van der Waals surface area contributed by atoms with Crippen molar-refractivity contribution in [2.24, 2.45) is 11.8 Å². The van der Waals surface area contributed by atoms with Crippen LogP contribution in [0.15, 0.2) is 70.3 Å². The molecule has 3 atom stereocenters. The molecule has 0 radical (unpaired) electrons. The van der Waals surface area contributed by atoms with E-state index in [-0.39, 0.29) is 12.4 Å². The number of dihydropyridines is 1. The maximum atomic E-state index is 3.48. The fraction of sp³-hybridized carbons (Fsp3) is 0.500. The van der Waals surface area contributed by atoms with Gasteiger partial charge in [-0.1, -0.05) is 29.9 Å². The molecule has 1 N–H and O–H groups in total. The molecule has 1 fully saturated rings. The first-order chi connectivity index (χ1) is 12.7. The van der Waals surface area contributed by atoms with Crippen LogP contribution in [0.4, 0.5) is 0 Å². The summed E-state index contributed by atoms with van der Waals surface area (Å²) in [5.41, 5.74) is 9.47. The first kappa shape index (κ1) is 18.7. The lowest BCUT2D eigenvalue weighted by Crippen LogP contribution is -2.35. The summed E-state index contributed by atoms with van der Waals surface area (Å²) in [4.78, 5) is 2.77. The first-order valence-electron chi connectivity index (χ1n) is 10.4. The highest BCUT2D eigenvalue weighted by Gasteiger charge is 2.46. The van der Waals surface area contributed by atoms with Crippen LogP contribution < -0.4 is 5.32 Å². The Balaban J connectivity index is 0.00000180. The quantitative estimate of drug-likeness (QED) is 0.609. The van der Waals surface area contributed by atoms with Gasteiger partial charge >= 0.3 is 0 Å². The van der Waals surface area contributed by atoms with Crippen molar-refractivity contribution in [2.75, 3.05) is 6.54 Å². The fourth-order valence-electron chi connectivity index (χ4n) is 5.61. The molecule has 144 valence electrons. The molecule has 0 spiro atoms. The number of allylic oxidation sites excluding steroid dienone is 7. The zero-order valence-electron chi connectivity index (χ0n) is 16.5. The zero-order chi connectivity index (χ0) is 17.7. The van der Waals surface area contributed by atoms with E-state index in [0.29, 0.717) is 17.9 Å². The number of hydrogen-bond acceptors (Lipinski definition) is 2. The van der Waals surface area contributed by atoms with Crippen molar-refractivity contribution in [1.82, 2.24) is 10.2 Å². The molecular formula is C24H31ClN2. The molecule has 3 heteroatoms. The Morgan fingerprint density at radius 2 is 2.11 bits per heavy atom. The summed E-state index contributed by atoms with van der Waals surface area (Å²) in [5.74, 6) is 1.33. The second-order valence-corrected chi connectivity index (χ2v) is 8.63. The van der Waals surface area contributed by atoms with Gasteiger partial charge in [0, 0.05) is 35.6 Å². The van der Waals surface area contributed by atoms with Crippen molar-refractivity contribution >= 4 is 12.4 Å². The zero-order valence-corrected chi connectivity index (χ0v) is 17.3. The number of nitrogens with zero attached hydrogens (tertiary/aromatic N) is 1. The molecule has 3 heterocycles. The summed E-state index contributed by atoms with van der Waals surface area (Å²) < 4.78 is 0. The van der Waals surface area contributed by atoms with Gasteiger partial charge in [-0.25, -0.2) is 0 Å². The van der Waals surface area contributed by atoms with E-state index in [1.165, 1.54) is 43.4 Å². The Kier molecular flexibility index (Phi) is 5.11. The molecule has 0 aromatic rings. The molecule has 5 aliphatic rings. The first-order valence-corrected chi connectivity index (χ1v) is 10.4. The SMILES string of the molecule is CC(C)=CCC1CCC2C3=CNCC=C3N3C2=C1CC=C1C=CCCC13.Cl. The maximum absolute atomic E-state index is 3.48. The van der Waals surface area contributed by atoms with Gasteiger partial charge in [0.05, 0.1) is 6.04 Å². The molecule has 27 heavy (non-hydrogen) atoms. The topological polar surface area (TPSA) is 15.3 Å². The van der Waals surface area contributed by atoms with Gasteiger partial charge in [0.1, 0.15) is 0 Å². The Morgan fingerprint density at radius 3 is 2.96 bits per heavy atom. The second kappa shape index (κ2) is 7.39. The third-order valence-electron chi connectivity index (χ3n) is 6.80. The van der Waals surface area contributed by atoms with E-state index in [1.54, 1.807) is 22.4 Å². The molecule has 5 rings (SSSR count). The van der Waals surface area contributed by atoms with Gasteiger partial charge in [-0.2, -0.15) is 0 Å². The van der Waals surface area contributed by atoms with Crippen molar-refractivity contribution in [3.8, 4) is 0 Å². The molecule has 3 aliphatic heterocycles. The molecule has 1 saturated heterocycles. The second-order valence-electron chi connectivity index (χ2n) is 8.63. The highest BCUT2D eigenvalue weighted by Crippen LogP contribution is 2.54. The molecule has 3 unspecified atom stereocenters. The molecule has 0 aromatic carbocycles. The van der Waals surface area contributed by atoms with Gasteiger partial charge in [0.15, 0.2) is 0 Å². The van der Waals surface area contributed by atoms with Gasteiger partial charge in [-0.3, -0.25) is 0 Å². The van der Waals surface area contributed by atoms with Gasteiger partial charge in [-0.05, 0) is 75.5 Å². The van der Waals surface area contributed by atoms with Gasteiger partial charge < -0.3 is 10.2 Å². The lowest BCUT2D eigenvalue weighted by Gasteiger charge is -2.37. The molecule has 2 aliphatic carbocycles. The van der Waals surface area contributed by atoms with E-state index < -0.39 is 0 Å². The summed E-state index contributed by atoms with van der Waals surface area (Å²) in [5, 5.41) is 3.48. The molecule has 2 nitrogen and oxygen atoms in total. The molecule has 0 aromatic heterocycles. The highest BCUT2D eigenvalue weighted by molar-refractivity contribution is 5.85. The third kappa shape index (κ3) is 3.02. The fourth-order valence-corrected chi connectivity index (χ4v) is 5.61. The van der Waals surface area contributed by atoms with Crippen LogP contribution >= 0.6 is 12.4 Å². The minimum absolute atomic E-state index is 0. The summed E-state index contributed by atoms with van der Waals surface area (Å²) in [6.07, 6.45) is 22.0. The van der Waals surface area contributed by atoms with Crippen LogP contribution in [0.5, 0.6) is 0 Å². The van der Waals surface area contributed by atoms with E-state index in [1.807, 2.05) is 0 Å². The third-order valence-corrected chi connectivity index (χ3v) is 6.80. The predicted octanol–water partition coefficient (Wildman–Crippen LogP) is 5.78. The Labute approximate surface area is 169 Å². The van der Waals surface area contributed by atoms with E-state index in [2.05, 4.69) is 60.6 Å². The van der Waals surface area contributed by atoms with Crippen LogP contribution in [0, 0.1) is 11.8 Å².